The quantitative estimate of drug-likeness (QED) is 0.0914. The summed E-state index contributed by atoms with van der Waals surface area (Å²) >= 11 is 4.19. The number of aryl methyl sites for hydroxylation is 1. The van der Waals surface area contributed by atoms with E-state index in [1.807, 2.05) is 19.3 Å². The predicted molar refractivity (Wildman–Crippen MR) is 138 cm³/mol. The van der Waals surface area contributed by atoms with E-state index in [0.717, 1.165) is 17.7 Å². The number of oxime groups is 1. The van der Waals surface area contributed by atoms with E-state index < -0.39 is 11.9 Å². The van der Waals surface area contributed by atoms with E-state index in [0.29, 0.717) is 35.2 Å². The number of allylic oxidation sites excluding steroid dienone is 1. The van der Waals surface area contributed by atoms with Gasteiger partial charge in [0.05, 0.1) is 28.9 Å². The number of carboxylic acid groups (broad SMARTS) is 1. The monoisotopic (exact) mass is 562 g/mol. The summed E-state index contributed by atoms with van der Waals surface area (Å²) in [5.74, 6) is -1.23. The summed E-state index contributed by atoms with van der Waals surface area (Å²) in [4.78, 5) is 40.4. The van der Waals surface area contributed by atoms with Gasteiger partial charge in [0, 0.05) is 36.2 Å². The summed E-state index contributed by atoms with van der Waals surface area (Å²) < 4.78 is 0. The molecule has 1 fully saturated rings. The Morgan fingerprint density at radius 3 is 2.61 bits per heavy atom. The number of hydrogen-bond acceptors (Lipinski definition) is 13. The number of anilines is 1. The summed E-state index contributed by atoms with van der Waals surface area (Å²) in [6.07, 6.45) is 5.57. The molecule has 15 heteroatoms. The molecule has 2 aromatic rings. The first-order valence-electron chi connectivity index (χ1n) is 10.2. The van der Waals surface area contributed by atoms with Crippen LogP contribution in [0.15, 0.2) is 33.4 Å². The average Bonchev–Trinajstić information content (AvgIpc) is 3.42. The zero-order valence-electron chi connectivity index (χ0n) is 20.7. The molecule has 3 rings (SSSR count). The molecule has 0 atom stereocenters. The summed E-state index contributed by atoms with van der Waals surface area (Å²) in [7, 11) is 2.33. The number of likely N-dealkylation sites (tertiary alicyclic amines) is 1. The molecule has 0 radical (unpaired) electrons. The van der Waals surface area contributed by atoms with Gasteiger partial charge in [0.2, 0.25) is 0 Å². The third-order valence-electron chi connectivity index (χ3n) is 4.71. The second kappa shape index (κ2) is 16.0. The number of aromatic nitrogens is 2. The van der Waals surface area contributed by atoms with Gasteiger partial charge in [0.1, 0.15) is 12.8 Å². The van der Waals surface area contributed by atoms with Crippen molar-refractivity contribution in [2.45, 2.75) is 13.0 Å². The van der Waals surface area contributed by atoms with Crippen LogP contribution >= 0.6 is 34.4 Å². The number of carbonyl (C=O) groups excluding carboxylic acids is 2. The number of rotatable bonds is 10. The fraction of sp³-hybridized carbons (Fsp3) is 0.381. The topological polar surface area (TPSA) is 166 Å². The number of aliphatic carboxylic acids is 1. The van der Waals surface area contributed by atoms with Crippen molar-refractivity contribution < 1.29 is 54.2 Å². The molecule has 3 heterocycles. The van der Waals surface area contributed by atoms with Gasteiger partial charge in [-0.25, -0.2) is 9.97 Å². The SMILES string of the molecule is CO.CO/N=C(\C(=O)NC1CN(/C(C(=O)[O-])=C(/C=C\c2scnc2C)CSC)C1)c1csc(N)n1.[Na+]. The molecule has 0 aliphatic carbocycles. The molecule has 0 saturated carbocycles. The van der Waals surface area contributed by atoms with Gasteiger partial charge in [-0.1, -0.05) is 11.2 Å². The minimum absolute atomic E-state index is 0. The molecule has 1 amide bonds. The number of nitrogens with one attached hydrogen (secondary N) is 1. The Hall–Kier alpha value is -1.94. The van der Waals surface area contributed by atoms with Crippen LogP contribution in [-0.4, -0.2) is 82.9 Å². The first-order chi connectivity index (χ1) is 16.8. The molecular weight excluding hydrogens is 535 g/mol. The molecule has 0 unspecified atom stereocenters. The number of nitrogens with zero attached hydrogens (tertiary/aromatic N) is 4. The molecule has 0 spiro atoms. The van der Waals surface area contributed by atoms with Crippen LogP contribution in [0.5, 0.6) is 0 Å². The Labute approximate surface area is 243 Å². The minimum atomic E-state index is -1.26. The molecule has 36 heavy (non-hydrogen) atoms. The number of thioether (sulfide) groups is 1. The standard InChI is InChI=1S/C20H24N6O4S3.CH4O.Na/c1-11-15(33-10-22-11)5-4-12(8-31-3)17(19(28)29)26-6-13(7-26)23-18(27)16(25-30-2)14-9-32-20(21)24-14;1-2;/h4-5,9-10,13H,6-8H2,1-3H3,(H2,21,24)(H,23,27)(H,28,29);2H,1H3;/q;;+1/p-1/b5-4-,17-12-,25-16-;;. The fourth-order valence-electron chi connectivity index (χ4n) is 3.16. The number of aliphatic hydroxyl groups is 1. The Balaban J connectivity index is 0.00000211. The second-order valence-corrected chi connectivity index (χ2v) is 9.64. The van der Waals surface area contributed by atoms with Crippen LogP contribution in [0.25, 0.3) is 6.08 Å². The van der Waals surface area contributed by atoms with E-state index in [1.54, 1.807) is 21.9 Å². The van der Waals surface area contributed by atoms with E-state index in [9.17, 15) is 14.7 Å². The van der Waals surface area contributed by atoms with Crippen LogP contribution in [0.4, 0.5) is 5.13 Å². The molecule has 1 aliphatic heterocycles. The largest absolute Gasteiger partial charge is 1.00 e. The molecular formula is C21H27N6NaO5S3. The number of nitrogens with two attached hydrogens (primary N) is 1. The number of thiazole rings is 2. The van der Waals surface area contributed by atoms with Gasteiger partial charge >= 0.3 is 29.6 Å². The molecule has 1 saturated heterocycles. The van der Waals surface area contributed by atoms with E-state index in [2.05, 4.69) is 20.4 Å². The van der Waals surface area contributed by atoms with Crippen molar-refractivity contribution in [3.05, 3.63) is 44.5 Å². The predicted octanol–water partition coefficient (Wildman–Crippen LogP) is -2.67. The summed E-state index contributed by atoms with van der Waals surface area (Å²) in [5.41, 5.74) is 9.35. The van der Waals surface area contributed by atoms with Crippen molar-refractivity contribution in [1.82, 2.24) is 20.2 Å². The molecule has 4 N–H and O–H groups in total. The van der Waals surface area contributed by atoms with E-state index in [1.165, 1.54) is 41.5 Å². The Morgan fingerprint density at radius 1 is 1.42 bits per heavy atom. The smallest absolute Gasteiger partial charge is 0.543 e. The second-order valence-electron chi connectivity index (χ2n) is 7.00. The van der Waals surface area contributed by atoms with Crippen molar-refractivity contribution in [2.75, 3.05) is 45.1 Å². The number of carboxylic acids is 1. The normalized spacial score (nSPS) is 14.2. The maximum Gasteiger partial charge on any atom is 1.00 e. The zero-order valence-corrected chi connectivity index (χ0v) is 25.1. The van der Waals surface area contributed by atoms with Gasteiger partial charge in [-0.3, -0.25) is 4.79 Å². The van der Waals surface area contributed by atoms with E-state index in [4.69, 9.17) is 15.7 Å². The van der Waals surface area contributed by atoms with Gasteiger partial charge in [0.25, 0.3) is 5.91 Å². The first-order valence-corrected chi connectivity index (χ1v) is 13.3. The Morgan fingerprint density at radius 2 is 2.11 bits per heavy atom. The minimum Gasteiger partial charge on any atom is -0.543 e. The molecule has 11 nitrogen and oxygen atoms in total. The number of hydrogen-bond donors (Lipinski definition) is 3. The van der Waals surface area contributed by atoms with Crippen LogP contribution in [-0.2, 0) is 14.4 Å². The molecule has 190 valence electrons. The maximum absolute atomic E-state index is 12.7. The van der Waals surface area contributed by atoms with Crippen molar-refractivity contribution in [3.8, 4) is 0 Å². The molecule has 0 aromatic carbocycles. The van der Waals surface area contributed by atoms with Crippen molar-refractivity contribution >= 4 is 63.2 Å². The van der Waals surface area contributed by atoms with Gasteiger partial charge in [-0.05, 0) is 24.8 Å². The third kappa shape index (κ3) is 8.57. The van der Waals surface area contributed by atoms with E-state index in [-0.39, 0.29) is 47.0 Å². The summed E-state index contributed by atoms with van der Waals surface area (Å²) in [6, 6.07) is -0.270. The van der Waals surface area contributed by atoms with Crippen LogP contribution in [0.3, 0.4) is 0 Å². The molecule has 0 bridgehead atoms. The van der Waals surface area contributed by atoms with E-state index >= 15 is 0 Å². The Kier molecular flexibility index (Phi) is 14.3. The molecule has 2 aromatic heterocycles. The summed E-state index contributed by atoms with van der Waals surface area (Å²) in [6.45, 7) is 2.54. The average molecular weight is 563 g/mol. The van der Waals surface area contributed by atoms with Gasteiger partial charge in [-0.2, -0.15) is 11.8 Å². The Bertz CT molecular complexity index is 1110. The maximum atomic E-state index is 12.7. The third-order valence-corrected chi connectivity index (χ3v) is 6.88. The van der Waals surface area contributed by atoms with Crippen molar-refractivity contribution in [3.63, 3.8) is 0 Å². The van der Waals surface area contributed by atoms with Crippen molar-refractivity contribution in [1.29, 1.82) is 0 Å². The van der Waals surface area contributed by atoms with Gasteiger partial charge in [-0.15, -0.1) is 22.7 Å². The van der Waals surface area contributed by atoms with Gasteiger partial charge in [0.15, 0.2) is 10.8 Å². The zero-order chi connectivity index (χ0) is 26.0. The first kappa shape index (κ1) is 32.1. The number of amides is 1. The number of nitrogen functional groups attached to an aromatic ring is 1. The number of aliphatic hydroxyl groups excluding tert-OH is 1. The van der Waals surface area contributed by atoms with Crippen LogP contribution in [0.1, 0.15) is 16.3 Å². The van der Waals surface area contributed by atoms with Crippen LogP contribution < -0.4 is 45.7 Å². The summed E-state index contributed by atoms with van der Waals surface area (Å²) in [5, 5.41) is 27.5. The van der Waals surface area contributed by atoms with Gasteiger partial charge < -0.3 is 35.8 Å². The van der Waals surface area contributed by atoms with Crippen LogP contribution in [0, 0.1) is 6.92 Å². The molecule has 1 aliphatic rings. The van der Waals surface area contributed by atoms with Crippen LogP contribution in [0.2, 0.25) is 0 Å². The fourth-order valence-corrected chi connectivity index (χ4v) is 4.95. The number of carbonyl (C=O) groups is 2. The van der Waals surface area contributed by atoms with Crippen molar-refractivity contribution in [2.24, 2.45) is 5.16 Å².